The molecule has 0 amide bonds. The number of hydrogen-bond acceptors (Lipinski definition) is 5. The van der Waals surface area contributed by atoms with Crippen molar-refractivity contribution in [3.63, 3.8) is 0 Å². The molecule has 0 aliphatic carbocycles. The summed E-state index contributed by atoms with van der Waals surface area (Å²) >= 11 is 0. The Morgan fingerprint density at radius 3 is 3.04 bits per heavy atom. The zero-order chi connectivity index (χ0) is 19.3. The molecule has 2 unspecified atom stereocenters. The van der Waals surface area contributed by atoms with E-state index in [9.17, 15) is 0 Å². The smallest absolute Gasteiger partial charge is 0.159 e. The molecule has 2 aromatic carbocycles. The van der Waals surface area contributed by atoms with Gasteiger partial charge in [-0.05, 0) is 38.1 Å². The van der Waals surface area contributed by atoms with Crippen LogP contribution in [0.3, 0.4) is 0 Å². The highest BCUT2D eigenvalue weighted by molar-refractivity contribution is 5.96. The monoisotopic (exact) mass is 376 g/mol. The third-order valence-corrected chi connectivity index (χ3v) is 5.31. The van der Waals surface area contributed by atoms with Crippen LogP contribution in [-0.2, 0) is 4.74 Å². The molecule has 1 fully saturated rings. The first-order chi connectivity index (χ1) is 13.6. The van der Waals surface area contributed by atoms with Crippen LogP contribution < -0.4 is 9.64 Å². The van der Waals surface area contributed by atoms with Crippen molar-refractivity contribution in [1.82, 2.24) is 20.2 Å². The van der Waals surface area contributed by atoms with Crippen LogP contribution >= 0.6 is 0 Å². The van der Waals surface area contributed by atoms with Crippen molar-refractivity contribution in [2.24, 2.45) is 0 Å². The molecule has 28 heavy (non-hydrogen) atoms. The average molecular weight is 376 g/mol. The highest BCUT2D eigenvalue weighted by Crippen LogP contribution is 2.32. The van der Waals surface area contributed by atoms with Crippen molar-refractivity contribution in [2.45, 2.75) is 19.1 Å². The molecule has 2 N–H and O–H groups in total. The molecule has 0 spiro atoms. The predicted octanol–water partition coefficient (Wildman–Crippen LogP) is 3.54. The van der Waals surface area contributed by atoms with E-state index >= 15 is 0 Å². The van der Waals surface area contributed by atoms with E-state index in [1.54, 1.807) is 7.11 Å². The lowest BCUT2D eigenvalue weighted by molar-refractivity contribution is 0.0499. The first-order valence-electron chi connectivity index (χ1n) is 9.36. The Morgan fingerprint density at radius 2 is 2.18 bits per heavy atom. The zero-order valence-electron chi connectivity index (χ0n) is 15.9. The van der Waals surface area contributed by atoms with Crippen molar-refractivity contribution < 1.29 is 9.47 Å². The molecule has 0 bridgehead atoms. The van der Waals surface area contributed by atoms with Gasteiger partial charge >= 0.3 is 0 Å². The minimum atomic E-state index is -0.0189. The van der Waals surface area contributed by atoms with Crippen LogP contribution in [0.1, 0.15) is 6.92 Å². The summed E-state index contributed by atoms with van der Waals surface area (Å²) in [6, 6.07) is 12.5. The molecule has 1 radical (unpaired) electrons. The zero-order valence-corrected chi connectivity index (χ0v) is 15.9. The number of benzene rings is 2. The number of ether oxygens (including phenoxy) is 2. The van der Waals surface area contributed by atoms with E-state index in [1.807, 2.05) is 24.3 Å². The Balaban J connectivity index is 1.56. The van der Waals surface area contributed by atoms with E-state index in [2.05, 4.69) is 46.1 Å². The summed E-state index contributed by atoms with van der Waals surface area (Å²) in [5.41, 5.74) is 4.67. The lowest BCUT2D eigenvalue weighted by Gasteiger charge is -2.38. The summed E-state index contributed by atoms with van der Waals surface area (Å²) in [4.78, 5) is 10.5. The number of fused-ring (bicyclic) bond motifs is 2. The van der Waals surface area contributed by atoms with Gasteiger partial charge in [-0.25, -0.2) is 4.98 Å². The van der Waals surface area contributed by atoms with E-state index in [0.717, 1.165) is 51.4 Å². The van der Waals surface area contributed by atoms with Gasteiger partial charge in [0.1, 0.15) is 17.0 Å². The van der Waals surface area contributed by atoms with Gasteiger partial charge in [-0.2, -0.15) is 5.10 Å². The molecule has 1 aliphatic rings. The number of morpholine rings is 1. The number of hydrogen-bond donors (Lipinski definition) is 2. The number of imidazole rings is 1. The summed E-state index contributed by atoms with van der Waals surface area (Å²) in [6.45, 7) is 7.67. The van der Waals surface area contributed by atoms with Crippen LogP contribution in [0, 0.1) is 6.92 Å². The highest BCUT2D eigenvalue weighted by atomic mass is 16.5. The van der Waals surface area contributed by atoms with E-state index in [1.165, 1.54) is 0 Å². The summed E-state index contributed by atoms with van der Waals surface area (Å²) < 4.78 is 11.1. The van der Waals surface area contributed by atoms with Crippen LogP contribution in [0.5, 0.6) is 5.75 Å². The van der Waals surface area contributed by atoms with Crippen molar-refractivity contribution >= 4 is 27.6 Å². The molecule has 2 aromatic heterocycles. The van der Waals surface area contributed by atoms with Gasteiger partial charge in [-0.15, -0.1) is 0 Å². The second kappa shape index (κ2) is 6.53. The third kappa shape index (κ3) is 2.70. The Morgan fingerprint density at radius 1 is 1.29 bits per heavy atom. The van der Waals surface area contributed by atoms with Gasteiger partial charge in [0.15, 0.2) is 5.82 Å². The van der Waals surface area contributed by atoms with Crippen LogP contribution in [0.15, 0.2) is 36.4 Å². The van der Waals surface area contributed by atoms with Gasteiger partial charge in [0.25, 0.3) is 0 Å². The molecule has 7 nitrogen and oxygen atoms in total. The summed E-state index contributed by atoms with van der Waals surface area (Å²) in [6.07, 6.45) is -0.0189. The van der Waals surface area contributed by atoms with Gasteiger partial charge < -0.3 is 19.4 Å². The average Bonchev–Trinajstić information content (AvgIpc) is 3.32. The first kappa shape index (κ1) is 17.1. The van der Waals surface area contributed by atoms with Crippen molar-refractivity contribution in [3.05, 3.63) is 43.3 Å². The fraction of sp³-hybridized carbons (Fsp3) is 0.286. The molecule has 4 aromatic rings. The van der Waals surface area contributed by atoms with Crippen molar-refractivity contribution in [3.8, 4) is 17.3 Å². The normalized spacial score (nSPS) is 20.2. The Labute approximate surface area is 162 Å². The van der Waals surface area contributed by atoms with Gasteiger partial charge in [0, 0.05) is 23.7 Å². The largest absolute Gasteiger partial charge is 0.494 e. The van der Waals surface area contributed by atoms with Crippen molar-refractivity contribution in [1.29, 1.82) is 0 Å². The summed E-state index contributed by atoms with van der Waals surface area (Å²) in [5, 5.41) is 8.50. The Hall–Kier alpha value is -3.06. The predicted molar refractivity (Wildman–Crippen MR) is 110 cm³/mol. The van der Waals surface area contributed by atoms with Crippen LogP contribution in [0.4, 0.5) is 5.69 Å². The van der Waals surface area contributed by atoms with Crippen molar-refractivity contribution in [2.75, 3.05) is 25.2 Å². The number of nitrogens with one attached hydrogen (secondary N) is 2. The maximum absolute atomic E-state index is 5.65. The molecule has 3 heterocycles. The van der Waals surface area contributed by atoms with Crippen LogP contribution in [0.25, 0.3) is 33.5 Å². The minimum Gasteiger partial charge on any atom is -0.494 e. The van der Waals surface area contributed by atoms with Gasteiger partial charge in [-0.3, -0.25) is 5.10 Å². The number of rotatable bonds is 3. The molecular weight excluding hydrogens is 354 g/mol. The van der Waals surface area contributed by atoms with E-state index < -0.39 is 0 Å². The molecule has 1 aliphatic heterocycles. The molecule has 143 valence electrons. The topological polar surface area (TPSA) is 79.1 Å². The maximum Gasteiger partial charge on any atom is 0.159 e. The lowest BCUT2D eigenvalue weighted by atomic mass is 10.1. The summed E-state index contributed by atoms with van der Waals surface area (Å²) in [7, 11) is 1.65. The quantitative estimate of drug-likeness (QED) is 0.572. The molecular formula is C21H22N5O2. The Kier molecular flexibility index (Phi) is 3.98. The molecule has 1 saturated heterocycles. The van der Waals surface area contributed by atoms with E-state index in [0.29, 0.717) is 12.6 Å². The van der Waals surface area contributed by atoms with Gasteiger partial charge in [-0.1, -0.05) is 12.1 Å². The number of aromatic nitrogens is 4. The minimum absolute atomic E-state index is 0.0189. The fourth-order valence-electron chi connectivity index (χ4n) is 3.83. The number of anilines is 1. The number of aromatic amines is 2. The van der Waals surface area contributed by atoms with E-state index in [-0.39, 0.29) is 6.10 Å². The number of H-pyrrole nitrogens is 2. The fourth-order valence-corrected chi connectivity index (χ4v) is 3.83. The van der Waals surface area contributed by atoms with E-state index in [4.69, 9.17) is 14.5 Å². The first-order valence-corrected chi connectivity index (χ1v) is 9.36. The standard InChI is InChI=1S/C21H22N5O2/c1-12-11-28-13(2)10-26(12)14-7-8-16-17(9-14)23-21(22-16)20-15-5-4-6-18(27-3)19(15)24-25-20/h4-9,12-13H,2,10-11H2,1,3H3,(H,22,23)(H,24,25). The molecule has 5 rings (SSSR count). The Bertz CT molecular complexity index is 1150. The number of nitrogens with zero attached hydrogens (tertiary/aromatic N) is 3. The van der Waals surface area contributed by atoms with Crippen LogP contribution in [-0.4, -0.2) is 52.6 Å². The van der Waals surface area contributed by atoms with Gasteiger partial charge in [0.2, 0.25) is 0 Å². The number of methoxy groups -OCH3 is 1. The summed E-state index contributed by atoms with van der Waals surface area (Å²) in [5.74, 6) is 1.50. The SMILES string of the molecule is [CH2]C1CN(c2ccc3nc(-c4n[nH]c5c(OC)cccc45)[nH]c3c2)C(C)CO1. The highest BCUT2D eigenvalue weighted by Gasteiger charge is 2.24. The third-order valence-electron chi connectivity index (χ3n) is 5.31. The molecule has 2 atom stereocenters. The van der Waals surface area contributed by atoms with Crippen LogP contribution in [0.2, 0.25) is 0 Å². The second-order valence-corrected chi connectivity index (χ2v) is 7.20. The molecule has 0 saturated carbocycles. The second-order valence-electron chi connectivity index (χ2n) is 7.20. The lowest BCUT2D eigenvalue weighted by Crippen LogP contribution is -2.47. The molecule has 7 heteroatoms. The van der Waals surface area contributed by atoms with Gasteiger partial charge in [0.05, 0.1) is 30.9 Å². The number of para-hydroxylation sites is 1. The maximum atomic E-state index is 5.65.